The summed E-state index contributed by atoms with van der Waals surface area (Å²) in [6.45, 7) is 16.0. The minimum Gasteiger partial charge on any atom is -0.368 e. The summed E-state index contributed by atoms with van der Waals surface area (Å²) < 4.78 is 0. The van der Waals surface area contributed by atoms with Gasteiger partial charge in [-0.2, -0.15) is 5.26 Å². The fourth-order valence-electron chi connectivity index (χ4n) is 6.62. The summed E-state index contributed by atoms with van der Waals surface area (Å²) in [6, 6.07) is 16.3. The highest BCUT2D eigenvalue weighted by atomic mass is 15.4. The third-order valence-corrected chi connectivity index (χ3v) is 8.67. The molecule has 0 unspecified atom stereocenters. The Morgan fingerprint density at radius 3 is 2.74 bits per heavy atom. The lowest BCUT2D eigenvalue weighted by Gasteiger charge is -2.51. The molecule has 0 radical (unpaired) electrons. The standard InChI is InChI=1S/C30H38N8/c1-21-16-32-11-12-38(21)29-9-7-25(23(3)34-29)18-35-13-14-37-22(2)17-36(20-26(37)19-35)28-8-6-24(15-31)30-27(28)5-4-10-33-30/h4-10,21-22,26,32H,11-14,16-20H2,1-3H3/t21-,22+,26-/m0/s1. The van der Waals surface area contributed by atoms with E-state index >= 15 is 0 Å². The first-order valence-corrected chi connectivity index (χ1v) is 14.0. The minimum absolute atomic E-state index is 0.462. The average molecular weight is 511 g/mol. The van der Waals surface area contributed by atoms with Gasteiger partial charge in [0, 0.05) is 100.0 Å². The van der Waals surface area contributed by atoms with E-state index in [1.54, 1.807) is 6.20 Å². The first-order valence-electron chi connectivity index (χ1n) is 14.0. The lowest BCUT2D eigenvalue weighted by molar-refractivity contribution is 0.0316. The SMILES string of the molecule is Cc1nc(N2CCNC[C@@H]2C)ccc1CN1CCN2[C@@H](C1)CN(c1ccc(C#N)c3ncccc13)C[C@H]2C. The lowest BCUT2D eigenvalue weighted by Crippen LogP contribution is -2.65. The van der Waals surface area contributed by atoms with E-state index in [0.29, 0.717) is 23.7 Å². The largest absolute Gasteiger partial charge is 0.368 e. The summed E-state index contributed by atoms with van der Waals surface area (Å²) in [6.07, 6.45) is 1.78. The Balaban J connectivity index is 1.17. The van der Waals surface area contributed by atoms with Crippen LogP contribution in [-0.2, 0) is 6.54 Å². The number of nitrogens with one attached hydrogen (secondary N) is 1. The summed E-state index contributed by atoms with van der Waals surface area (Å²) in [4.78, 5) is 19.8. The molecule has 0 spiro atoms. The van der Waals surface area contributed by atoms with E-state index in [2.05, 4.69) is 81.0 Å². The van der Waals surface area contributed by atoms with Gasteiger partial charge in [-0.3, -0.25) is 14.8 Å². The Kier molecular flexibility index (Phi) is 6.91. The summed E-state index contributed by atoms with van der Waals surface area (Å²) in [5, 5.41) is 14.1. The number of hydrogen-bond acceptors (Lipinski definition) is 8. The van der Waals surface area contributed by atoms with Crippen LogP contribution in [0.5, 0.6) is 0 Å². The predicted molar refractivity (Wildman–Crippen MR) is 153 cm³/mol. The molecular weight excluding hydrogens is 472 g/mol. The maximum Gasteiger partial charge on any atom is 0.129 e. The summed E-state index contributed by atoms with van der Waals surface area (Å²) in [5.74, 6) is 1.10. The van der Waals surface area contributed by atoms with Gasteiger partial charge >= 0.3 is 0 Å². The van der Waals surface area contributed by atoms with Crippen LogP contribution in [0.3, 0.4) is 0 Å². The molecule has 0 aliphatic carbocycles. The number of pyridine rings is 2. The zero-order valence-electron chi connectivity index (χ0n) is 22.8. The number of fused-ring (bicyclic) bond motifs is 2. The number of anilines is 2. The molecule has 8 heteroatoms. The quantitative estimate of drug-likeness (QED) is 0.574. The molecule has 198 valence electrons. The molecule has 6 rings (SSSR count). The molecule has 5 heterocycles. The van der Waals surface area contributed by atoms with Gasteiger partial charge in [0.1, 0.15) is 11.9 Å². The highest BCUT2D eigenvalue weighted by Crippen LogP contribution is 2.32. The van der Waals surface area contributed by atoms with E-state index in [1.165, 1.54) is 11.3 Å². The number of piperazine rings is 3. The number of rotatable bonds is 4. The monoisotopic (exact) mass is 510 g/mol. The lowest BCUT2D eigenvalue weighted by atomic mass is 10.0. The third kappa shape index (κ3) is 4.71. The molecule has 3 aromatic rings. The second-order valence-electron chi connectivity index (χ2n) is 11.2. The van der Waals surface area contributed by atoms with Gasteiger partial charge in [-0.1, -0.05) is 6.07 Å². The maximum absolute atomic E-state index is 9.57. The fraction of sp³-hybridized carbons (Fsp3) is 0.500. The van der Waals surface area contributed by atoms with Crippen LogP contribution in [0, 0.1) is 18.3 Å². The maximum atomic E-state index is 9.57. The second kappa shape index (κ2) is 10.5. The highest BCUT2D eigenvalue weighted by molar-refractivity contribution is 5.95. The van der Waals surface area contributed by atoms with E-state index in [9.17, 15) is 5.26 Å². The summed E-state index contributed by atoms with van der Waals surface area (Å²) in [7, 11) is 0. The number of aryl methyl sites for hydroxylation is 1. The number of aromatic nitrogens is 2. The van der Waals surface area contributed by atoms with Gasteiger partial charge in [-0.05, 0) is 56.7 Å². The molecule has 1 N–H and O–H groups in total. The van der Waals surface area contributed by atoms with Gasteiger partial charge in [0.15, 0.2) is 0 Å². The second-order valence-corrected chi connectivity index (χ2v) is 11.2. The molecule has 3 atom stereocenters. The van der Waals surface area contributed by atoms with Crippen LogP contribution in [0.2, 0.25) is 0 Å². The minimum atomic E-state index is 0.462. The van der Waals surface area contributed by atoms with Crippen LogP contribution >= 0.6 is 0 Å². The molecule has 0 amide bonds. The van der Waals surface area contributed by atoms with Crippen molar-refractivity contribution in [1.29, 1.82) is 5.26 Å². The van der Waals surface area contributed by atoms with Gasteiger partial charge in [-0.15, -0.1) is 0 Å². The molecule has 3 fully saturated rings. The van der Waals surface area contributed by atoms with Crippen LogP contribution in [0.25, 0.3) is 10.9 Å². The topological polar surface area (TPSA) is 74.6 Å². The highest BCUT2D eigenvalue weighted by Gasteiger charge is 2.36. The molecule has 3 aliphatic rings. The van der Waals surface area contributed by atoms with E-state index in [1.807, 2.05) is 12.1 Å². The first-order chi connectivity index (χ1) is 18.5. The zero-order valence-corrected chi connectivity index (χ0v) is 22.8. The van der Waals surface area contributed by atoms with E-state index < -0.39 is 0 Å². The molecule has 38 heavy (non-hydrogen) atoms. The number of benzene rings is 1. The predicted octanol–water partition coefficient (Wildman–Crippen LogP) is 3.00. The van der Waals surface area contributed by atoms with Crippen molar-refractivity contribution in [3.8, 4) is 6.07 Å². The molecule has 8 nitrogen and oxygen atoms in total. The molecule has 3 aliphatic heterocycles. The van der Waals surface area contributed by atoms with Crippen molar-refractivity contribution < 1.29 is 0 Å². The zero-order chi connectivity index (χ0) is 26.2. The van der Waals surface area contributed by atoms with Crippen molar-refractivity contribution >= 4 is 22.4 Å². The summed E-state index contributed by atoms with van der Waals surface area (Å²) in [5.41, 5.74) is 5.10. The van der Waals surface area contributed by atoms with Crippen molar-refractivity contribution in [2.45, 2.75) is 45.4 Å². The molecule has 3 saturated heterocycles. The molecular formula is C30H38N8. The Morgan fingerprint density at radius 2 is 1.92 bits per heavy atom. The Bertz CT molecular complexity index is 1350. The van der Waals surface area contributed by atoms with Crippen LogP contribution in [0.1, 0.15) is 30.7 Å². The Morgan fingerprint density at radius 1 is 1.03 bits per heavy atom. The third-order valence-electron chi connectivity index (χ3n) is 8.67. The number of hydrogen-bond donors (Lipinski definition) is 1. The fourth-order valence-corrected chi connectivity index (χ4v) is 6.62. The Labute approximate surface area is 225 Å². The van der Waals surface area contributed by atoms with Crippen LogP contribution < -0.4 is 15.1 Å². The van der Waals surface area contributed by atoms with E-state index in [4.69, 9.17) is 4.98 Å². The van der Waals surface area contributed by atoms with Gasteiger partial charge in [-0.25, -0.2) is 4.98 Å². The normalized spacial score (nSPS) is 24.8. The van der Waals surface area contributed by atoms with Crippen LogP contribution in [-0.4, -0.2) is 90.3 Å². The van der Waals surface area contributed by atoms with Gasteiger partial charge < -0.3 is 15.1 Å². The van der Waals surface area contributed by atoms with Gasteiger partial charge in [0.05, 0.1) is 11.1 Å². The van der Waals surface area contributed by atoms with Crippen LogP contribution in [0.15, 0.2) is 42.6 Å². The Hall–Kier alpha value is -3.25. The van der Waals surface area contributed by atoms with Crippen molar-refractivity contribution in [3.63, 3.8) is 0 Å². The van der Waals surface area contributed by atoms with E-state index in [-0.39, 0.29) is 0 Å². The summed E-state index contributed by atoms with van der Waals surface area (Å²) >= 11 is 0. The number of nitrogens with zero attached hydrogens (tertiary/aromatic N) is 7. The molecule has 1 aromatic carbocycles. The van der Waals surface area contributed by atoms with Crippen molar-refractivity contribution in [1.82, 2.24) is 25.1 Å². The van der Waals surface area contributed by atoms with E-state index in [0.717, 1.165) is 81.3 Å². The van der Waals surface area contributed by atoms with Crippen molar-refractivity contribution in [2.24, 2.45) is 0 Å². The van der Waals surface area contributed by atoms with Crippen molar-refractivity contribution in [3.05, 3.63) is 59.4 Å². The van der Waals surface area contributed by atoms with Crippen LogP contribution in [0.4, 0.5) is 11.5 Å². The molecule has 2 aromatic heterocycles. The van der Waals surface area contributed by atoms with Crippen molar-refractivity contribution in [2.75, 3.05) is 62.2 Å². The molecule has 0 bridgehead atoms. The van der Waals surface area contributed by atoms with Gasteiger partial charge in [0.25, 0.3) is 0 Å². The average Bonchev–Trinajstić information content (AvgIpc) is 2.93. The smallest absolute Gasteiger partial charge is 0.129 e. The first kappa shape index (κ1) is 25.1. The van der Waals surface area contributed by atoms with Gasteiger partial charge in [0.2, 0.25) is 0 Å². The number of nitriles is 1. The molecule has 0 saturated carbocycles.